The van der Waals surface area contributed by atoms with Gasteiger partial charge in [0.25, 0.3) is 0 Å². The molecule has 1 nitrogen and oxygen atoms in total. The first-order valence-electron chi connectivity index (χ1n) is 15.2. The normalized spacial score (nSPS) is 11.4. The zero-order valence-corrected chi connectivity index (χ0v) is 24.7. The molecule has 0 saturated heterocycles. The van der Waals surface area contributed by atoms with Crippen molar-refractivity contribution in [3.63, 3.8) is 0 Å². The van der Waals surface area contributed by atoms with Crippen LogP contribution in [0.3, 0.4) is 0 Å². The molecular weight excluding hydrogens is 530 g/mol. The lowest BCUT2D eigenvalue weighted by atomic mass is 9.89. The Bertz CT molecular complexity index is 2370. The first-order chi connectivity index (χ1) is 21.7. The van der Waals surface area contributed by atoms with E-state index < -0.39 is 0 Å². The zero-order valence-electron chi connectivity index (χ0n) is 24.7. The number of fused-ring (bicyclic) bond motifs is 3. The Kier molecular flexibility index (Phi) is 6.24. The van der Waals surface area contributed by atoms with E-state index in [4.69, 9.17) is 0 Å². The molecule has 0 bridgehead atoms. The van der Waals surface area contributed by atoms with Crippen molar-refractivity contribution in [2.24, 2.45) is 0 Å². The Hall–Kier alpha value is -5.66. The second-order valence-electron chi connectivity index (χ2n) is 11.4. The van der Waals surface area contributed by atoms with Gasteiger partial charge >= 0.3 is 0 Å². The highest BCUT2D eigenvalue weighted by Gasteiger charge is 2.13. The van der Waals surface area contributed by atoms with Crippen LogP contribution in [0.15, 0.2) is 164 Å². The molecule has 1 heteroatoms. The third-order valence-electron chi connectivity index (χ3n) is 8.76. The number of aromatic nitrogens is 1. The molecule has 0 atom stereocenters. The van der Waals surface area contributed by atoms with Crippen LogP contribution < -0.4 is 0 Å². The summed E-state index contributed by atoms with van der Waals surface area (Å²) in [6.07, 6.45) is 1.75. The maximum Gasteiger partial charge on any atom is 0.0541 e. The fraction of sp³-hybridized carbons (Fsp3) is 0.0233. The van der Waals surface area contributed by atoms with E-state index in [9.17, 15) is 0 Å². The Labute approximate surface area is 257 Å². The summed E-state index contributed by atoms with van der Waals surface area (Å²) in [5, 5.41) is 10.5. The maximum absolute atomic E-state index is 3.36. The summed E-state index contributed by atoms with van der Waals surface area (Å²) in [7, 11) is 0. The minimum Gasteiger partial charge on any atom is -0.309 e. The quantitative estimate of drug-likeness (QED) is 0.149. The summed E-state index contributed by atoms with van der Waals surface area (Å²) in [5.41, 5.74) is 8.61. The highest BCUT2D eigenvalue weighted by molar-refractivity contribution is 6.25. The molecular formula is C43H31N. The van der Waals surface area contributed by atoms with E-state index in [2.05, 4.69) is 163 Å². The molecule has 0 fully saturated rings. The molecule has 0 aliphatic carbocycles. The molecule has 0 unspecified atom stereocenters. The average Bonchev–Trinajstić information content (AvgIpc) is 3.42. The van der Waals surface area contributed by atoms with E-state index in [0.29, 0.717) is 0 Å². The second-order valence-corrected chi connectivity index (χ2v) is 11.4. The summed E-state index contributed by atoms with van der Waals surface area (Å²) >= 11 is 0. The largest absolute Gasteiger partial charge is 0.309 e. The van der Waals surface area contributed by atoms with Gasteiger partial charge in [-0.25, -0.2) is 0 Å². The third kappa shape index (κ3) is 4.09. The van der Waals surface area contributed by atoms with Crippen molar-refractivity contribution in [3.8, 4) is 27.9 Å². The first kappa shape index (κ1) is 26.0. The zero-order chi connectivity index (χ0) is 29.6. The molecule has 9 rings (SSSR count). The molecule has 0 spiro atoms. The van der Waals surface area contributed by atoms with Gasteiger partial charge < -0.3 is 4.57 Å². The van der Waals surface area contributed by atoms with Gasteiger partial charge in [-0.2, -0.15) is 0 Å². The van der Waals surface area contributed by atoms with Crippen LogP contribution in [0.2, 0.25) is 0 Å². The predicted molar refractivity (Wildman–Crippen MR) is 191 cm³/mol. The summed E-state index contributed by atoms with van der Waals surface area (Å²) < 4.78 is 2.37. The molecule has 0 radical (unpaired) electrons. The number of rotatable bonds is 3. The molecule has 9 aromatic rings. The molecule has 44 heavy (non-hydrogen) atoms. The molecule has 208 valence electrons. The van der Waals surface area contributed by atoms with E-state index in [-0.39, 0.29) is 0 Å². The highest BCUT2D eigenvalue weighted by atomic mass is 15.0. The first-order valence-corrected chi connectivity index (χ1v) is 15.2. The number of hydrogen-bond acceptors (Lipinski definition) is 0. The van der Waals surface area contributed by atoms with Crippen molar-refractivity contribution in [1.29, 1.82) is 0 Å². The molecule has 0 aliphatic heterocycles. The van der Waals surface area contributed by atoms with Gasteiger partial charge in [-0.15, -0.1) is 6.58 Å². The van der Waals surface area contributed by atoms with Gasteiger partial charge in [0, 0.05) is 16.5 Å². The minimum atomic E-state index is 1.18. The lowest BCUT2D eigenvalue weighted by Gasteiger charge is -2.14. The van der Waals surface area contributed by atoms with E-state index in [1.807, 2.05) is 6.92 Å². The van der Waals surface area contributed by atoms with Gasteiger partial charge in [0.2, 0.25) is 0 Å². The molecule has 0 aliphatic rings. The number of para-hydroxylation sites is 2. The van der Waals surface area contributed by atoms with Gasteiger partial charge in [-0.3, -0.25) is 0 Å². The van der Waals surface area contributed by atoms with Crippen LogP contribution in [0.25, 0.3) is 82.1 Å². The molecule has 1 heterocycles. The summed E-state index contributed by atoms with van der Waals surface area (Å²) in [6.45, 7) is 5.25. The molecule has 1 aromatic heterocycles. The van der Waals surface area contributed by atoms with Crippen LogP contribution in [0.5, 0.6) is 0 Å². The highest BCUT2D eigenvalue weighted by Crippen LogP contribution is 2.40. The van der Waals surface area contributed by atoms with Crippen molar-refractivity contribution >= 4 is 54.1 Å². The monoisotopic (exact) mass is 561 g/mol. The minimum absolute atomic E-state index is 1.18. The van der Waals surface area contributed by atoms with E-state index in [1.54, 1.807) is 6.08 Å². The van der Waals surface area contributed by atoms with Gasteiger partial charge in [-0.05, 0) is 85.8 Å². The van der Waals surface area contributed by atoms with Crippen molar-refractivity contribution in [2.45, 2.75) is 6.92 Å². The standard InChI is InChI=1S/C40H25N.C3H6/c1-3-10-37-34(8-1)35-9-2-4-11-38(35)41(37)32-22-18-27(19-23-32)26-12-14-28(15-13-26)33-24-20-31-17-16-29-6-5-7-30-21-25-36(33)40(31)39(29)30;1-3-2/h1-25H;3H,1H2,2H3. The van der Waals surface area contributed by atoms with Crippen LogP contribution in [0, 0.1) is 0 Å². The lowest BCUT2D eigenvalue weighted by Crippen LogP contribution is -1.93. The van der Waals surface area contributed by atoms with Crippen molar-refractivity contribution in [1.82, 2.24) is 4.57 Å². The Morgan fingerprint density at radius 3 is 1.52 bits per heavy atom. The predicted octanol–water partition coefficient (Wildman–Crippen LogP) is 12.2. The fourth-order valence-corrected chi connectivity index (χ4v) is 6.83. The van der Waals surface area contributed by atoms with Crippen LogP contribution >= 0.6 is 0 Å². The van der Waals surface area contributed by atoms with Crippen LogP contribution in [-0.4, -0.2) is 4.57 Å². The maximum atomic E-state index is 3.36. The SMILES string of the molecule is C=CC.c1cc2ccc3ccc(-c4ccc(-c5ccc(-n6c7ccccc7c7ccccc76)cc5)cc4)c4ccc(c1)c2c34. The van der Waals surface area contributed by atoms with Crippen LogP contribution in [0.4, 0.5) is 0 Å². The summed E-state index contributed by atoms with van der Waals surface area (Å²) in [4.78, 5) is 0. The van der Waals surface area contributed by atoms with Gasteiger partial charge in [0.05, 0.1) is 11.0 Å². The molecule has 0 amide bonds. The van der Waals surface area contributed by atoms with E-state index >= 15 is 0 Å². The fourth-order valence-electron chi connectivity index (χ4n) is 6.83. The summed E-state index contributed by atoms with van der Waals surface area (Å²) in [6, 6.07) is 55.5. The Morgan fingerprint density at radius 1 is 0.432 bits per heavy atom. The van der Waals surface area contributed by atoms with E-state index in [1.165, 1.54) is 82.1 Å². The third-order valence-corrected chi connectivity index (χ3v) is 8.76. The number of nitrogens with zero attached hydrogens (tertiary/aromatic N) is 1. The van der Waals surface area contributed by atoms with Crippen LogP contribution in [0.1, 0.15) is 6.92 Å². The van der Waals surface area contributed by atoms with Gasteiger partial charge in [-0.1, -0.05) is 133 Å². The van der Waals surface area contributed by atoms with Gasteiger partial charge in [0.15, 0.2) is 0 Å². The molecule has 0 N–H and O–H groups in total. The Morgan fingerprint density at radius 2 is 0.909 bits per heavy atom. The topological polar surface area (TPSA) is 4.93 Å². The number of hydrogen-bond donors (Lipinski definition) is 0. The second kappa shape index (κ2) is 10.6. The number of benzene rings is 8. The smallest absolute Gasteiger partial charge is 0.0541 e. The van der Waals surface area contributed by atoms with Crippen molar-refractivity contribution < 1.29 is 0 Å². The molecule has 0 saturated carbocycles. The molecule has 8 aromatic carbocycles. The van der Waals surface area contributed by atoms with Crippen molar-refractivity contribution in [3.05, 3.63) is 164 Å². The Balaban J connectivity index is 0.000000928. The average molecular weight is 562 g/mol. The lowest BCUT2D eigenvalue weighted by molar-refractivity contribution is 1.18. The number of allylic oxidation sites excluding steroid dienone is 1. The summed E-state index contributed by atoms with van der Waals surface area (Å²) in [5.74, 6) is 0. The van der Waals surface area contributed by atoms with Crippen LogP contribution in [-0.2, 0) is 0 Å². The van der Waals surface area contributed by atoms with Gasteiger partial charge in [0.1, 0.15) is 0 Å². The van der Waals surface area contributed by atoms with E-state index in [0.717, 1.165) is 0 Å². The van der Waals surface area contributed by atoms with Crippen molar-refractivity contribution in [2.75, 3.05) is 0 Å².